The van der Waals surface area contributed by atoms with E-state index in [0.717, 1.165) is 6.42 Å². The summed E-state index contributed by atoms with van der Waals surface area (Å²) in [6, 6.07) is 8.34. The highest BCUT2D eigenvalue weighted by molar-refractivity contribution is 8.03. The van der Waals surface area contributed by atoms with Crippen molar-refractivity contribution in [1.29, 1.82) is 0 Å². The van der Waals surface area contributed by atoms with Gasteiger partial charge < -0.3 is 5.11 Å². The largest absolute Gasteiger partial charge is 0.481 e. The number of aliphatic carboxylic acids is 1. The van der Waals surface area contributed by atoms with E-state index in [9.17, 15) is 4.79 Å². The average Bonchev–Trinajstić information content (AvgIpc) is 2.38. The minimum atomic E-state index is -0.725. The Kier molecular flexibility index (Phi) is 7.04. The monoisotopic (exact) mass is 276 g/mol. The van der Waals surface area contributed by atoms with Gasteiger partial charge in [0.15, 0.2) is 0 Å². The molecule has 0 aliphatic rings. The highest BCUT2D eigenvalue weighted by Crippen LogP contribution is 2.26. The third kappa shape index (κ3) is 6.87. The lowest BCUT2D eigenvalue weighted by Crippen LogP contribution is -1.95. The van der Waals surface area contributed by atoms with Crippen molar-refractivity contribution in [2.75, 3.05) is 0 Å². The smallest absolute Gasteiger partial charge is 0.303 e. The average molecular weight is 276 g/mol. The van der Waals surface area contributed by atoms with E-state index < -0.39 is 5.97 Å². The maximum absolute atomic E-state index is 10.4. The minimum Gasteiger partial charge on any atom is -0.481 e. The van der Waals surface area contributed by atoms with Crippen molar-refractivity contribution in [2.45, 2.75) is 38.0 Å². The van der Waals surface area contributed by atoms with E-state index in [-0.39, 0.29) is 6.42 Å². The number of thioether (sulfide) groups is 1. The molecule has 2 nitrogen and oxygen atoms in total. The van der Waals surface area contributed by atoms with Crippen molar-refractivity contribution in [3.05, 3.63) is 53.0 Å². The first-order valence-electron chi connectivity index (χ1n) is 6.40. The Balaban J connectivity index is 2.49. The second kappa shape index (κ2) is 8.59. The molecule has 1 N–H and O–H groups in total. The number of hydrogen-bond acceptors (Lipinski definition) is 2. The number of allylic oxidation sites excluding steroid dienone is 4. The van der Waals surface area contributed by atoms with Crippen molar-refractivity contribution >= 4 is 17.7 Å². The van der Waals surface area contributed by atoms with Gasteiger partial charge in [0.25, 0.3) is 0 Å². The predicted octanol–water partition coefficient (Wildman–Crippen LogP) is 4.67. The quantitative estimate of drug-likeness (QED) is 0.581. The topological polar surface area (TPSA) is 37.3 Å². The summed E-state index contributed by atoms with van der Waals surface area (Å²) in [5.74, 6) is -0.725. The van der Waals surface area contributed by atoms with Crippen LogP contribution in [0.5, 0.6) is 0 Å². The first kappa shape index (κ1) is 15.6. The molecule has 1 aromatic carbocycles. The molecule has 0 spiro atoms. The van der Waals surface area contributed by atoms with Crippen LogP contribution in [0, 0.1) is 0 Å². The fourth-order valence-electron chi connectivity index (χ4n) is 1.62. The molecule has 19 heavy (non-hydrogen) atoms. The van der Waals surface area contributed by atoms with Crippen molar-refractivity contribution in [3.8, 4) is 0 Å². The van der Waals surface area contributed by atoms with Crippen LogP contribution in [0.15, 0.2) is 52.3 Å². The van der Waals surface area contributed by atoms with Gasteiger partial charge in [-0.1, -0.05) is 42.1 Å². The molecule has 0 aliphatic heterocycles. The number of rotatable bonds is 7. The summed E-state index contributed by atoms with van der Waals surface area (Å²) in [4.78, 5) is 12.9. The van der Waals surface area contributed by atoms with Gasteiger partial charge in [0.1, 0.15) is 0 Å². The molecule has 102 valence electrons. The van der Waals surface area contributed by atoms with E-state index in [1.807, 2.05) is 19.1 Å². The normalized spacial score (nSPS) is 12.0. The Hall–Kier alpha value is -1.48. The van der Waals surface area contributed by atoms with Crippen LogP contribution in [0.1, 0.15) is 32.3 Å². The van der Waals surface area contributed by atoms with Crippen LogP contribution in [-0.4, -0.2) is 11.1 Å². The van der Waals surface area contributed by atoms with Crippen LogP contribution in [0.3, 0.4) is 0 Å². The molecule has 0 heterocycles. The summed E-state index contributed by atoms with van der Waals surface area (Å²) in [6.07, 6.45) is 7.89. The molecule has 0 unspecified atom stereocenters. The van der Waals surface area contributed by atoms with Crippen LogP contribution in [0.2, 0.25) is 0 Å². The first-order valence-corrected chi connectivity index (χ1v) is 7.21. The van der Waals surface area contributed by atoms with Crippen molar-refractivity contribution < 1.29 is 9.90 Å². The Bertz CT molecular complexity index is 458. The molecule has 0 saturated heterocycles. The first-order chi connectivity index (χ1) is 9.11. The molecule has 0 bridgehead atoms. The molecule has 0 amide bonds. The molecular weight excluding hydrogens is 256 g/mol. The molecule has 0 atom stereocenters. The molecule has 0 aromatic heterocycles. The molecule has 1 rings (SSSR count). The van der Waals surface area contributed by atoms with Gasteiger partial charge in [-0.25, -0.2) is 0 Å². The lowest BCUT2D eigenvalue weighted by Gasteiger charge is -2.03. The number of benzene rings is 1. The minimum absolute atomic E-state index is 0.238. The molecule has 1 aromatic rings. The Morgan fingerprint density at radius 1 is 1.32 bits per heavy atom. The van der Waals surface area contributed by atoms with Gasteiger partial charge in [-0.2, -0.15) is 0 Å². The van der Waals surface area contributed by atoms with Crippen molar-refractivity contribution in [2.24, 2.45) is 0 Å². The van der Waals surface area contributed by atoms with Crippen LogP contribution >= 0.6 is 11.8 Å². The Morgan fingerprint density at radius 2 is 2.00 bits per heavy atom. The maximum atomic E-state index is 10.4. The maximum Gasteiger partial charge on any atom is 0.303 e. The Labute approximate surface area is 119 Å². The van der Waals surface area contributed by atoms with Crippen LogP contribution < -0.4 is 0 Å². The highest BCUT2D eigenvalue weighted by atomic mass is 32.2. The van der Waals surface area contributed by atoms with E-state index in [0.29, 0.717) is 6.42 Å². The van der Waals surface area contributed by atoms with Gasteiger partial charge in [0, 0.05) is 11.3 Å². The lowest BCUT2D eigenvalue weighted by molar-refractivity contribution is -0.137. The highest BCUT2D eigenvalue weighted by Gasteiger charge is 1.99. The molecular formula is C16H20O2S. The fourth-order valence-corrected chi connectivity index (χ4v) is 2.41. The van der Waals surface area contributed by atoms with Gasteiger partial charge in [-0.15, -0.1) is 0 Å². The second-order valence-corrected chi connectivity index (χ2v) is 5.62. The summed E-state index contributed by atoms with van der Waals surface area (Å²) < 4.78 is 0. The molecule has 3 heteroatoms. The van der Waals surface area contributed by atoms with E-state index in [1.54, 1.807) is 11.8 Å². The van der Waals surface area contributed by atoms with E-state index in [4.69, 9.17) is 5.11 Å². The zero-order chi connectivity index (χ0) is 14.1. The molecule has 0 fully saturated rings. The number of carbonyl (C=O) groups is 1. The molecule has 0 saturated carbocycles. The SMILES string of the molecule is C/C=C\C=C(/C)Sc1ccc(CCCC(=O)O)cc1. The zero-order valence-corrected chi connectivity index (χ0v) is 12.2. The van der Waals surface area contributed by atoms with Gasteiger partial charge >= 0.3 is 5.97 Å². The van der Waals surface area contributed by atoms with Gasteiger partial charge in [-0.05, 0) is 49.3 Å². The number of carboxylic acids is 1. The predicted molar refractivity (Wildman–Crippen MR) is 81.4 cm³/mol. The van der Waals surface area contributed by atoms with Gasteiger partial charge in [0.2, 0.25) is 0 Å². The standard InChI is InChI=1S/C16H20O2S/c1-3-4-6-13(2)19-15-11-9-14(10-12-15)7-5-8-16(17)18/h3-4,6,9-12H,5,7-8H2,1-2H3,(H,17,18)/b4-3-,13-6+. The summed E-state index contributed by atoms with van der Waals surface area (Å²) in [5, 5.41) is 8.59. The summed E-state index contributed by atoms with van der Waals surface area (Å²) >= 11 is 1.74. The number of hydrogen-bond donors (Lipinski definition) is 1. The summed E-state index contributed by atoms with van der Waals surface area (Å²) in [6.45, 7) is 4.09. The molecule has 0 radical (unpaired) electrons. The van der Waals surface area contributed by atoms with Crippen LogP contribution in [-0.2, 0) is 11.2 Å². The van der Waals surface area contributed by atoms with E-state index in [1.165, 1.54) is 15.4 Å². The summed E-state index contributed by atoms with van der Waals surface area (Å²) in [5.41, 5.74) is 1.20. The Morgan fingerprint density at radius 3 is 2.58 bits per heavy atom. The van der Waals surface area contributed by atoms with Gasteiger partial charge in [0.05, 0.1) is 0 Å². The lowest BCUT2D eigenvalue weighted by atomic mass is 10.1. The number of aryl methyl sites for hydroxylation is 1. The van der Waals surface area contributed by atoms with Crippen molar-refractivity contribution in [3.63, 3.8) is 0 Å². The third-order valence-corrected chi connectivity index (χ3v) is 3.55. The van der Waals surface area contributed by atoms with E-state index >= 15 is 0 Å². The van der Waals surface area contributed by atoms with Crippen molar-refractivity contribution in [1.82, 2.24) is 0 Å². The van der Waals surface area contributed by atoms with Gasteiger partial charge in [-0.3, -0.25) is 4.79 Å². The zero-order valence-electron chi connectivity index (χ0n) is 11.4. The van der Waals surface area contributed by atoms with E-state index in [2.05, 4.69) is 37.3 Å². The third-order valence-electron chi connectivity index (χ3n) is 2.58. The van der Waals surface area contributed by atoms with Crippen LogP contribution in [0.4, 0.5) is 0 Å². The van der Waals surface area contributed by atoms with Crippen LogP contribution in [0.25, 0.3) is 0 Å². The fraction of sp³-hybridized carbons (Fsp3) is 0.312. The summed E-state index contributed by atoms with van der Waals surface area (Å²) in [7, 11) is 0. The molecule has 0 aliphatic carbocycles. The second-order valence-electron chi connectivity index (χ2n) is 4.30. The number of carboxylic acid groups (broad SMARTS) is 1.